The molecule has 118 valence electrons. The van der Waals surface area contributed by atoms with Gasteiger partial charge in [-0.25, -0.2) is 0 Å². The summed E-state index contributed by atoms with van der Waals surface area (Å²) >= 11 is 1.76. The van der Waals surface area contributed by atoms with Gasteiger partial charge in [0.2, 0.25) is 5.82 Å². The number of rotatable bonds is 6. The molecular weight excluding hydrogens is 306 g/mol. The smallest absolute Gasteiger partial charge is 0.282 e. The summed E-state index contributed by atoms with van der Waals surface area (Å²) in [4.78, 5) is 7.09. The largest absolute Gasteiger partial charge is 0.333 e. The molecule has 3 aromatic rings. The Morgan fingerprint density at radius 3 is 2.43 bits per heavy atom. The molecular formula is C18H20N3OS+. The average Bonchev–Trinajstić information content (AvgIpc) is 3.04. The lowest BCUT2D eigenvalue weighted by molar-refractivity contribution is -0.909. The number of hydrogen-bond acceptors (Lipinski definition) is 4. The van der Waals surface area contributed by atoms with Crippen molar-refractivity contribution >= 4 is 11.8 Å². The maximum atomic E-state index is 5.38. The van der Waals surface area contributed by atoms with Crippen LogP contribution in [-0.2, 0) is 13.1 Å². The molecule has 0 radical (unpaired) electrons. The number of thioether (sulfide) groups is 1. The molecule has 0 bridgehead atoms. The summed E-state index contributed by atoms with van der Waals surface area (Å²) in [6.45, 7) is 1.64. The minimum atomic E-state index is 0.651. The SMILES string of the molecule is CSc1ccc(C[NH+](C)Cc2nc(-c3ccccc3)no2)cc1. The van der Waals surface area contributed by atoms with E-state index in [0.29, 0.717) is 18.3 Å². The average molecular weight is 326 g/mol. The molecule has 2 aromatic carbocycles. The van der Waals surface area contributed by atoms with E-state index in [1.807, 2.05) is 30.3 Å². The molecule has 1 aromatic heterocycles. The van der Waals surface area contributed by atoms with Gasteiger partial charge in [0.25, 0.3) is 5.89 Å². The van der Waals surface area contributed by atoms with Crippen LogP contribution >= 0.6 is 11.8 Å². The number of quaternary nitrogens is 1. The zero-order valence-corrected chi connectivity index (χ0v) is 14.1. The lowest BCUT2D eigenvalue weighted by atomic mass is 10.2. The van der Waals surface area contributed by atoms with Crippen molar-refractivity contribution < 1.29 is 9.42 Å². The van der Waals surface area contributed by atoms with Gasteiger partial charge in [-0.3, -0.25) is 0 Å². The lowest BCUT2D eigenvalue weighted by Gasteiger charge is -2.11. The fourth-order valence-corrected chi connectivity index (χ4v) is 2.85. The predicted octanol–water partition coefficient (Wildman–Crippen LogP) is 2.67. The van der Waals surface area contributed by atoms with Crippen LogP contribution < -0.4 is 4.90 Å². The van der Waals surface area contributed by atoms with Crippen LogP contribution in [0, 0.1) is 0 Å². The van der Waals surface area contributed by atoms with Crippen LogP contribution in [0.2, 0.25) is 0 Å². The van der Waals surface area contributed by atoms with Crippen LogP contribution in [0.1, 0.15) is 11.5 Å². The Bertz CT molecular complexity index is 740. The molecule has 4 nitrogen and oxygen atoms in total. The Morgan fingerprint density at radius 1 is 1.00 bits per heavy atom. The highest BCUT2D eigenvalue weighted by molar-refractivity contribution is 7.98. The van der Waals surface area contributed by atoms with Crippen LogP contribution in [0.3, 0.4) is 0 Å². The van der Waals surface area contributed by atoms with Crippen LogP contribution in [0.5, 0.6) is 0 Å². The van der Waals surface area contributed by atoms with Crippen molar-refractivity contribution in [3.8, 4) is 11.4 Å². The second-order valence-electron chi connectivity index (χ2n) is 5.54. The first-order chi connectivity index (χ1) is 11.2. The highest BCUT2D eigenvalue weighted by Crippen LogP contribution is 2.15. The van der Waals surface area contributed by atoms with Crippen LogP contribution in [0.15, 0.2) is 64.0 Å². The van der Waals surface area contributed by atoms with E-state index in [2.05, 4.69) is 47.7 Å². The van der Waals surface area contributed by atoms with Crippen LogP contribution in [0.25, 0.3) is 11.4 Å². The van der Waals surface area contributed by atoms with Crippen molar-refractivity contribution in [3.05, 3.63) is 66.1 Å². The lowest BCUT2D eigenvalue weighted by Crippen LogP contribution is -3.06. The van der Waals surface area contributed by atoms with Crippen molar-refractivity contribution in [3.63, 3.8) is 0 Å². The van der Waals surface area contributed by atoms with Gasteiger partial charge < -0.3 is 9.42 Å². The molecule has 0 aliphatic carbocycles. The summed E-state index contributed by atoms with van der Waals surface area (Å²) in [5, 5.41) is 4.07. The Balaban J connectivity index is 1.61. The molecule has 1 heterocycles. The molecule has 0 fully saturated rings. The van der Waals surface area contributed by atoms with Crippen molar-refractivity contribution in [1.82, 2.24) is 10.1 Å². The molecule has 0 amide bonds. The summed E-state index contributed by atoms with van der Waals surface area (Å²) in [6, 6.07) is 18.6. The van der Waals surface area contributed by atoms with E-state index < -0.39 is 0 Å². The summed E-state index contributed by atoms with van der Waals surface area (Å²) in [5.41, 5.74) is 2.29. The summed E-state index contributed by atoms with van der Waals surface area (Å²) in [7, 11) is 2.13. The molecule has 1 N–H and O–H groups in total. The van der Waals surface area contributed by atoms with Gasteiger partial charge in [-0.15, -0.1) is 11.8 Å². The monoisotopic (exact) mass is 326 g/mol. The first-order valence-electron chi connectivity index (χ1n) is 7.57. The second kappa shape index (κ2) is 7.44. The van der Waals surface area contributed by atoms with Gasteiger partial charge >= 0.3 is 0 Å². The standard InChI is InChI=1S/C18H19N3OS/c1-21(12-14-8-10-16(23-2)11-9-14)13-17-19-18(20-22-17)15-6-4-3-5-7-15/h3-11H,12-13H2,1-2H3/p+1. The van der Waals surface area contributed by atoms with Gasteiger partial charge in [0, 0.05) is 16.0 Å². The molecule has 0 spiro atoms. The van der Waals surface area contributed by atoms with E-state index in [1.165, 1.54) is 15.4 Å². The molecule has 23 heavy (non-hydrogen) atoms. The predicted molar refractivity (Wildman–Crippen MR) is 92.3 cm³/mol. The van der Waals surface area contributed by atoms with E-state index in [0.717, 1.165) is 12.1 Å². The molecule has 1 unspecified atom stereocenters. The van der Waals surface area contributed by atoms with Gasteiger partial charge in [-0.1, -0.05) is 47.6 Å². The van der Waals surface area contributed by atoms with Crippen LogP contribution in [-0.4, -0.2) is 23.4 Å². The van der Waals surface area contributed by atoms with Crippen LogP contribution in [0.4, 0.5) is 0 Å². The number of aromatic nitrogens is 2. The van der Waals surface area contributed by atoms with Crippen molar-refractivity contribution in [2.45, 2.75) is 18.0 Å². The van der Waals surface area contributed by atoms with Crippen molar-refractivity contribution in [2.24, 2.45) is 0 Å². The first kappa shape index (κ1) is 15.8. The van der Waals surface area contributed by atoms with Crippen molar-refractivity contribution in [1.29, 1.82) is 0 Å². The van der Waals surface area contributed by atoms with Crippen molar-refractivity contribution in [2.75, 3.05) is 13.3 Å². The fourth-order valence-electron chi connectivity index (χ4n) is 2.44. The molecule has 0 saturated heterocycles. The van der Waals surface area contributed by atoms with Gasteiger partial charge in [0.15, 0.2) is 6.54 Å². The van der Waals surface area contributed by atoms with E-state index in [9.17, 15) is 0 Å². The van der Waals surface area contributed by atoms with Gasteiger partial charge in [0.1, 0.15) is 6.54 Å². The summed E-state index contributed by atoms with van der Waals surface area (Å²) in [5.74, 6) is 1.32. The van der Waals surface area contributed by atoms with Gasteiger partial charge in [-0.2, -0.15) is 4.98 Å². The number of nitrogens with zero attached hydrogens (tertiary/aromatic N) is 2. The minimum Gasteiger partial charge on any atom is -0.333 e. The molecule has 0 saturated carbocycles. The maximum Gasteiger partial charge on any atom is 0.282 e. The third-order valence-corrected chi connectivity index (χ3v) is 4.36. The zero-order valence-electron chi connectivity index (χ0n) is 13.3. The van der Waals surface area contributed by atoms with E-state index in [1.54, 1.807) is 11.8 Å². The second-order valence-corrected chi connectivity index (χ2v) is 6.42. The Morgan fingerprint density at radius 2 is 1.74 bits per heavy atom. The van der Waals surface area contributed by atoms with E-state index in [-0.39, 0.29) is 0 Å². The minimum absolute atomic E-state index is 0.651. The molecule has 5 heteroatoms. The third kappa shape index (κ3) is 4.21. The molecule has 0 aliphatic heterocycles. The molecule has 3 rings (SSSR count). The quantitative estimate of drug-likeness (QED) is 0.707. The number of benzene rings is 2. The Kier molecular flexibility index (Phi) is 5.10. The Labute approximate surface area is 140 Å². The normalized spacial score (nSPS) is 12.3. The van der Waals surface area contributed by atoms with E-state index >= 15 is 0 Å². The summed E-state index contributed by atoms with van der Waals surface area (Å²) in [6.07, 6.45) is 2.09. The maximum absolute atomic E-state index is 5.38. The first-order valence-corrected chi connectivity index (χ1v) is 8.79. The van der Waals surface area contributed by atoms with Gasteiger partial charge in [-0.05, 0) is 18.4 Å². The molecule has 0 aliphatic rings. The Hall–Kier alpha value is -2.11. The van der Waals surface area contributed by atoms with E-state index in [4.69, 9.17) is 4.52 Å². The zero-order chi connectivity index (χ0) is 16.1. The summed E-state index contributed by atoms with van der Waals surface area (Å²) < 4.78 is 5.38. The molecule has 1 atom stereocenters. The number of nitrogens with one attached hydrogen (secondary N) is 1. The highest BCUT2D eigenvalue weighted by atomic mass is 32.2. The number of hydrogen-bond donors (Lipinski definition) is 1. The highest BCUT2D eigenvalue weighted by Gasteiger charge is 2.13. The van der Waals surface area contributed by atoms with Gasteiger partial charge in [0.05, 0.1) is 7.05 Å². The fraction of sp³-hybridized carbons (Fsp3) is 0.222. The third-order valence-electron chi connectivity index (χ3n) is 3.62. The topological polar surface area (TPSA) is 43.4 Å².